The molecule has 0 aliphatic heterocycles. The van der Waals surface area contributed by atoms with Gasteiger partial charge in [-0.15, -0.1) is 0 Å². The van der Waals surface area contributed by atoms with Crippen LogP contribution in [0.4, 0.5) is 19.1 Å². The lowest BCUT2D eigenvalue weighted by Crippen LogP contribution is -2.22. The van der Waals surface area contributed by atoms with Gasteiger partial charge in [0.25, 0.3) is 5.56 Å². The smallest absolute Gasteiger partial charge is 0.348 e. The Balaban J connectivity index is 1.85. The predicted molar refractivity (Wildman–Crippen MR) is 126 cm³/mol. The second kappa shape index (κ2) is 9.43. The highest BCUT2D eigenvalue weighted by Gasteiger charge is 2.31. The van der Waals surface area contributed by atoms with Crippen LogP contribution in [0.15, 0.2) is 77.7 Å². The maximum atomic E-state index is 13.4. The number of nitrogens with zero attached hydrogens (tertiary/aromatic N) is 4. The van der Waals surface area contributed by atoms with Gasteiger partial charge in [-0.25, -0.2) is 9.97 Å². The number of hydrogen-bond donors (Lipinski definition) is 1. The van der Waals surface area contributed by atoms with E-state index in [9.17, 15) is 23.2 Å². The van der Waals surface area contributed by atoms with Crippen molar-refractivity contribution in [2.45, 2.75) is 19.1 Å². The molecule has 1 N–H and O–H groups in total. The number of anilines is 1. The number of benzene rings is 2. The van der Waals surface area contributed by atoms with Gasteiger partial charge in [0, 0.05) is 18.8 Å². The molecule has 2 aromatic carbocycles. The van der Waals surface area contributed by atoms with E-state index in [0.717, 1.165) is 17.7 Å². The fourth-order valence-electron chi connectivity index (χ4n) is 3.80. The van der Waals surface area contributed by atoms with E-state index in [2.05, 4.69) is 15.3 Å². The van der Waals surface area contributed by atoms with Gasteiger partial charge in [-0.3, -0.25) is 4.79 Å². The molecule has 9 heteroatoms. The van der Waals surface area contributed by atoms with Crippen molar-refractivity contribution in [2.24, 2.45) is 7.05 Å². The fourth-order valence-corrected chi connectivity index (χ4v) is 3.80. The Kier molecular flexibility index (Phi) is 6.38. The number of pyridine rings is 1. The van der Waals surface area contributed by atoms with Crippen molar-refractivity contribution in [1.29, 1.82) is 5.26 Å². The van der Waals surface area contributed by atoms with Crippen LogP contribution < -0.4 is 10.9 Å². The lowest BCUT2D eigenvalue weighted by atomic mass is 9.99. The zero-order chi connectivity index (χ0) is 25.2. The molecule has 1 atom stereocenters. The van der Waals surface area contributed by atoms with E-state index >= 15 is 0 Å². The van der Waals surface area contributed by atoms with Crippen LogP contribution in [0.25, 0.3) is 22.5 Å². The highest BCUT2D eigenvalue weighted by Crippen LogP contribution is 2.35. The summed E-state index contributed by atoms with van der Waals surface area (Å²) in [6, 6.07) is 19.0. The molecule has 0 spiro atoms. The number of hydrogen-bond acceptors (Lipinski definition) is 5. The van der Waals surface area contributed by atoms with Gasteiger partial charge in [-0.1, -0.05) is 42.5 Å². The SMILES string of the molecule is CC(Nc1nccc(-c2cc(C#N)c(=O)n(C)c2-c2cccc(C(F)(F)F)c2)n1)c1ccccc1. The highest BCUT2D eigenvalue weighted by molar-refractivity contribution is 5.81. The van der Waals surface area contributed by atoms with Crippen LogP contribution >= 0.6 is 0 Å². The van der Waals surface area contributed by atoms with Gasteiger partial charge >= 0.3 is 6.18 Å². The number of nitrogens with one attached hydrogen (secondary N) is 1. The van der Waals surface area contributed by atoms with E-state index in [1.807, 2.05) is 43.3 Å². The molecule has 1 unspecified atom stereocenters. The number of halogens is 3. The first-order valence-electron chi connectivity index (χ1n) is 10.7. The van der Waals surface area contributed by atoms with Crippen LogP contribution in [-0.2, 0) is 13.2 Å². The van der Waals surface area contributed by atoms with Crippen molar-refractivity contribution in [3.05, 3.63) is 100.0 Å². The molecule has 0 fully saturated rings. The van der Waals surface area contributed by atoms with Crippen molar-refractivity contribution in [3.63, 3.8) is 0 Å². The largest absolute Gasteiger partial charge is 0.416 e. The van der Waals surface area contributed by atoms with Crippen LogP contribution in [0.1, 0.15) is 29.7 Å². The Labute approximate surface area is 199 Å². The van der Waals surface area contributed by atoms with Crippen molar-refractivity contribution in [1.82, 2.24) is 14.5 Å². The summed E-state index contributed by atoms with van der Waals surface area (Å²) in [5, 5.41) is 12.7. The summed E-state index contributed by atoms with van der Waals surface area (Å²) in [6.45, 7) is 1.94. The standard InChI is InChI=1S/C26H20F3N5O/c1-16(17-7-4-3-5-8-17)32-25-31-12-11-22(33-25)21-14-19(15-30)24(35)34(2)23(21)18-9-6-10-20(13-18)26(27,28)29/h3-14,16H,1-2H3,(H,31,32,33). The number of nitriles is 1. The molecule has 6 nitrogen and oxygen atoms in total. The maximum Gasteiger partial charge on any atom is 0.416 e. The van der Waals surface area contributed by atoms with Crippen LogP contribution in [0.3, 0.4) is 0 Å². The van der Waals surface area contributed by atoms with Gasteiger partial charge in [-0.05, 0) is 42.3 Å². The number of aromatic nitrogens is 3. The van der Waals surface area contributed by atoms with E-state index in [4.69, 9.17) is 0 Å². The topological polar surface area (TPSA) is 83.6 Å². The summed E-state index contributed by atoms with van der Waals surface area (Å²) in [4.78, 5) is 21.5. The Morgan fingerprint density at radius 3 is 2.49 bits per heavy atom. The molecule has 0 bridgehead atoms. The molecule has 0 aliphatic carbocycles. The minimum atomic E-state index is -4.55. The van der Waals surface area contributed by atoms with E-state index in [0.29, 0.717) is 17.2 Å². The highest BCUT2D eigenvalue weighted by atomic mass is 19.4. The molecule has 0 saturated heterocycles. The fraction of sp³-hybridized carbons (Fsp3) is 0.154. The summed E-state index contributed by atoms with van der Waals surface area (Å²) in [5.41, 5.74) is 0.464. The second-order valence-corrected chi connectivity index (χ2v) is 7.92. The summed E-state index contributed by atoms with van der Waals surface area (Å²) in [7, 11) is 1.42. The molecule has 4 rings (SSSR count). The molecule has 0 amide bonds. The summed E-state index contributed by atoms with van der Waals surface area (Å²) < 4.78 is 41.3. The van der Waals surface area contributed by atoms with Gasteiger partial charge in [0.1, 0.15) is 11.6 Å². The van der Waals surface area contributed by atoms with Crippen LogP contribution in [0, 0.1) is 11.3 Å². The van der Waals surface area contributed by atoms with Crippen LogP contribution in [0.2, 0.25) is 0 Å². The van der Waals surface area contributed by atoms with Crippen molar-refractivity contribution < 1.29 is 13.2 Å². The molecule has 4 aromatic rings. The third-order valence-electron chi connectivity index (χ3n) is 5.57. The third-order valence-corrected chi connectivity index (χ3v) is 5.57. The normalized spacial score (nSPS) is 12.1. The molecule has 176 valence electrons. The lowest BCUT2D eigenvalue weighted by molar-refractivity contribution is -0.137. The van der Waals surface area contributed by atoms with Crippen molar-refractivity contribution in [2.75, 3.05) is 5.32 Å². The van der Waals surface area contributed by atoms with Gasteiger partial charge < -0.3 is 9.88 Å². The summed E-state index contributed by atoms with van der Waals surface area (Å²) in [5.74, 6) is 0.293. The third kappa shape index (κ3) is 4.92. The minimum absolute atomic E-state index is 0.121. The van der Waals surface area contributed by atoms with Gasteiger partial charge in [0.05, 0.1) is 23.0 Å². The zero-order valence-corrected chi connectivity index (χ0v) is 18.8. The predicted octanol–water partition coefficient (Wildman–Crippen LogP) is 5.57. The monoisotopic (exact) mass is 475 g/mol. The molecular weight excluding hydrogens is 455 g/mol. The Morgan fingerprint density at radius 1 is 1.06 bits per heavy atom. The second-order valence-electron chi connectivity index (χ2n) is 7.92. The van der Waals surface area contributed by atoms with E-state index in [1.165, 1.54) is 36.0 Å². The van der Waals surface area contributed by atoms with Crippen LogP contribution in [0.5, 0.6) is 0 Å². The molecule has 0 radical (unpaired) electrons. The lowest BCUT2D eigenvalue weighted by Gasteiger charge is -2.18. The number of rotatable bonds is 5. The molecule has 35 heavy (non-hydrogen) atoms. The molecule has 0 aliphatic rings. The minimum Gasteiger partial charge on any atom is -0.348 e. The summed E-state index contributed by atoms with van der Waals surface area (Å²) >= 11 is 0. The molecule has 2 heterocycles. The quantitative estimate of drug-likeness (QED) is 0.408. The van der Waals surface area contributed by atoms with Gasteiger partial charge in [-0.2, -0.15) is 18.4 Å². The first kappa shape index (κ1) is 23.7. The Morgan fingerprint density at radius 2 is 1.80 bits per heavy atom. The van der Waals surface area contributed by atoms with E-state index < -0.39 is 17.3 Å². The van der Waals surface area contributed by atoms with Crippen molar-refractivity contribution >= 4 is 5.95 Å². The molecular formula is C26H20F3N5O. The molecule has 2 aromatic heterocycles. The molecule has 0 saturated carbocycles. The summed E-state index contributed by atoms with van der Waals surface area (Å²) in [6.07, 6.45) is -3.04. The first-order chi connectivity index (χ1) is 16.7. The van der Waals surface area contributed by atoms with E-state index in [1.54, 1.807) is 6.07 Å². The van der Waals surface area contributed by atoms with Gasteiger partial charge in [0.15, 0.2) is 0 Å². The first-order valence-corrected chi connectivity index (χ1v) is 10.7. The average molecular weight is 475 g/mol. The zero-order valence-electron chi connectivity index (χ0n) is 18.8. The average Bonchev–Trinajstić information content (AvgIpc) is 2.85. The number of alkyl halides is 3. The Bertz CT molecular complexity index is 1470. The van der Waals surface area contributed by atoms with E-state index in [-0.39, 0.29) is 22.9 Å². The maximum absolute atomic E-state index is 13.4. The Hall–Kier alpha value is -4.45. The van der Waals surface area contributed by atoms with Crippen LogP contribution in [-0.4, -0.2) is 14.5 Å². The van der Waals surface area contributed by atoms with Gasteiger partial charge in [0.2, 0.25) is 5.95 Å². The van der Waals surface area contributed by atoms with Crippen molar-refractivity contribution in [3.8, 4) is 28.6 Å².